The van der Waals surface area contributed by atoms with E-state index in [1.807, 2.05) is 19.2 Å². The van der Waals surface area contributed by atoms with Gasteiger partial charge in [-0.2, -0.15) is 0 Å². The Hall–Kier alpha value is -0.970. The number of likely N-dealkylation sites (N-methyl/N-ethyl adjacent to an activating group) is 1. The first-order chi connectivity index (χ1) is 10.1. The monoisotopic (exact) mass is 294 g/mol. The van der Waals surface area contributed by atoms with E-state index in [2.05, 4.69) is 24.1 Å². The highest BCUT2D eigenvalue weighted by Gasteiger charge is 2.38. The molecule has 0 aromatic heterocycles. The number of hydrogen-bond donors (Lipinski definition) is 1. The fourth-order valence-electron chi connectivity index (χ4n) is 3.25. The van der Waals surface area contributed by atoms with E-state index in [-0.39, 0.29) is 11.4 Å². The molecule has 2 unspecified atom stereocenters. The van der Waals surface area contributed by atoms with E-state index < -0.39 is 0 Å². The van der Waals surface area contributed by atoms with Gasteiger partial charge in [-0.05, 0) is 44.5 Å². The summed E-state index contributed by atoms with van der Waals surface area (Å²) in [5.74, 6) is -0.175. The molecule has 3 nitrogen and oxygen atoms in total. The zero-order valence-corrected chi connectivity index (χ0v) is 13.4. The molecule has 1 aliphatic heterocycles. The Balaban J connectivity index is 2.13. The number of rotatable bonds is 6. The number of morpholine rings is 1. The Bertz CT molecular complexity index is 431. The van der Waals surface area contributed by atoms with Crippen molar-refractivity contribution < 1.29 is 9.13 Å². The Morgan fingerprint density at radius 3 is 2.43 bits per heavy atom. The van der Waals surface area contributed by atoms with Gasteiger partial charge < -0.3 is 10.1 Å². The molecule has 1 aromatic carbocycles. The number of nitrogens with one attached hydrogen (secondary N) is 1. The van der Waals surface area contributed by atoms with Gasteiger partial charge in [0.15, 0.2) is 0 Å². The van der Waals surface area contributed by atoms with Crippen LogP contribution in [0.2, 0.25) is 0 Å². The lowest BCUT2D eigenvalue weighted by molar-refractivity contribution is -0.0313. The highest BCUT2D eigenvalue weighted by molar-refractivity contribution is 5.18. The van der Waals surface area contributed by atoms with Crippen LogP contribution < -0.4 is 5.32 Å². The third-order valence-electron chi connectivity index (χ3n) is 4.90. The Morgan fingerprint density at radius 1 is 1.29 bits per heavy atom. The largest absolute Gasteiger partial charge is 0.379 e. The molecule has 21 heavy (non-hydrogen) atoms. The topological polar surface area (TPSA) is 24.5 Å². The normalized spacial score (nSPS) is 21.0. The quantitative estimate of drug-likeness (QED) is 0.872. The van der Waals surface area contributed by atoms with Gasteiger partial charge in [0.25, 0.3) is 0 Å². The maximum atomic E-state index is 13.1. The van der Waals surface area contributed by atoms with Crippen LogP contribution in [0.15, 0.2) is 24.3 Å². The number of nitrogens with zero attached hydrogens (tertiary/aromatic N) is 1. The maximum Gasteiger partial charge on any atom is 0.123 e. The van der Waals surface area contributed by atoms with Gasteiger partial charge in [0.05, 0.1) is 13.2 Å². The molecule has 2 atom stereocenters. The van der Waals surface area contributed by atoms with Crippen LogP contribution in [0.1, 0.15) is 25.8 Å². The predicted molar refractivity (Wildman–Crippen MR) is 84.0 cm³/mol. The SMILES string of the molecule is CCC(C)(C(Cc1ccc(F)cc1)NC)N1CCOCC1. The maximum absolute atomic E-state index is 13.1. The summed E-state index contributed by atoms with van der Waals surface area (Å²) < 4.78 is 18.5. The average molecular weight is 294 g/mol. The van der Waals surface area contributed by atoms with Crippen LogP contribution in [0.4, 0.5) is 4.39 Å². The van der Waals surface area contributed by atoms with Crippen molar-refractivity contribution in [2.45, 2.75) is 38.3 Å². The molecule has 4 heteroatoms. The minimum absolute atomic E-state index is 0.0763. The second-order valence-electron chi connectivity index (χ2n) is 5.98. The number of hydrogen-bond acceptors (Lipinski definition) is 3. The third-order valence-corrected chi connectivity index (χ3v) is 4.90. The van der Waals surface area contributed by atoms with Crippen LogP contribution in [0, 0.1) is 5.82 Å². The molecule has 1 N–H and O–H groups in total. The lowest BCUT2D eigenvalue weighted by Gasteiger charge is -2.48. The van der Waals surface area contributed by atoms with Gasteiger partial charge in [-0.3, -0.25) is 4.90 Å². The molecule has 0 amide bonds. The Morgan fingerprint density at radius 2 is 1.90 bits per heavy atom. The summed E-state index contributed by atoms with van der Waals surface area (Å²) >= 11 is 0. The van der Waals surface area contributed by atoms with Gasteiger partial charge >= 0.3 is 0 Å². The summed E-state index contributed by atoms with van der Waals surface area (Å²) in [6, 6.07) is 7.18. The van der Waals surface area contributed by atoms with Crippen LogP contribution >= 0.6 is 0 Å². The minimum Gasteiger partial charge on any atom is -0.379 e. The van der Waals surface area contributed by atoms with Crippen LogP contribution in [0.5, 0.6) is 0 Å². The molecule has 0 spiro atoms. The Labute approximate surface area is 127 Å². The first-order valence-corrected chi connectivity index (χ1v) is 7.84. The molecule has 0 bridgehead atoms. The zero-order chi connectivity index (χ0) is 15.3. The summed E-state index contributed by atoms with van der Waals surface area (Å²) in [5.41, 5.74) is 1.25. The lowest BCUT2D eigenvalue weighted by Crippen LogP contribution is -2.61. The van der Waals surface area contributed by atoms with Crippen molar-refractivity contribution in [2.75, 3.05) is 33.4 Å². The molecule has 1 aliphatic rings. The summed E-state index contributed by atoms with van der Waals surface area (Å²) in [5, 5.41) is 3.48. The predicted octanol–water partition coefficient (Wildman–Crippen LogP) is 2.46. The van der Waals surface area contributed by atoms with Crippen molar-refractivity contribution in [3.8, 4) is 0 Å². The standard InChI is InChI=1S/C17H27FN2O/c1-4-17(2,20-9-11-21-12-10-20)16(19-3)13-14-5-7-15(18)8-6-14/h5-8,16,19H,4,9-13H2,1-3H3. The molecule has 1 aromatic rings. The van der Waals surface area contributed by atoms with Crippen molar-refractivity contribution in [3.63, 3.8) is 0 Å². The second kappa shape index (κ2) is 7.34. The summed E-state index contributed by atoms with van der Waals surface area (Å²) in [6.07, 6.45) is 1.97. The zero-order valence-electron chi connectivity index (χ0n) is 13.4. The summed E-state index contributed by atoms with van der Waals surface area (Å²) in [7, 11) is 2.02. The molecule has 1 saturated heterocycles. The first-order valence-electron chi connectivity index (χ1n) is 7.84. The van der Waals surface area contributed by atoms with Gasteiger partial charge in [-0.25, -0.2) is 4.39 Å². The van der Waals surface area contributed by atoms with Gasteiger partial charge in [-0.15, -0.1) is 0 Å². The fraction of sp³-hybridized carbons (Fsp3) is 0.647. The molecular formula is C17H27FN2O. The number of benzene rings is 1. The second-order valence-corrected chi connectivity index (χ2v) is 5.98. The molecule has 0 aliphatic carbocycles. The third kappa shape index (κ3) is 3.82. The highest BCUT2D eigenvalue weighted by Crippen LogP contribution is 2.27. The van der Waals surface area contributed by atoms with Crippen LogP contribution in [-0.2, 0) is 11.2 Å². The number of halogens is 1. The van der Waals surface area contributed by atoms with E-state index in [1.165, 1.54) is 5.56 Å². The van der Waals surface area contributed by atoms with E-state index in [4.69, 9.17) is 4.74 Å². The van der Waals surface area contributed by atoms with Gasteiger partial charge in [0, 0.05) is 24.7 Å². The van der Waals surface area contributed by atoms with Crippen LogP contribution in [-0.4, -0.2) is 49.8 Å². The molecular weight excluding hydrogens is 267 g/mol. The average Bonchev–Trinajstić information content (AvgIpc) is 2.54. The van der Waals surface area contributed by atoms with E-state index >= 15 is 0 Å². The molecule has 118 valence electrons. The first kappa shape index (κ1) is 16.4. The summed E-state index contributed by atoms with van der Waals surface area (Å²) in [6.45, 7) is 8.14. The lowest BCUT2D eigenvalue weighted by atomic mass is 9.83. The highest BCUT2D eigenvalue weighted by atomic mass is 19.1. The van der Waals surface area contributed by atoms with Crippen molar-refractivity contribution in [3.05, 3.63) is 35.6 Å². The Kier molecular flexibility index (Phi) is 5.73. The summed E-state index contributed by atoms with van der Waals surface area (Å²) in [4.78, 5) is 2.53. The van der Waals surface area contributed by atoms with Crippen LogP contribution in [0.3, 0.4) is 0 Å². The smallest absolute Gasteiger partial charge is 0.123 e. The molecule has 0 radical (unpaired) electrons. The van der Waals surface area contributed by atoms with Crippen molar-refractivity contribution >= 4 is 0 Å². The molecule has 1 heterocycles. The van der Waals surface area contributed by atoms with Gasteiger partial charge in [0.2, 0.25) is 0 Å². The van der Waals surface area contributed by atoms with Crippen molar-refractivity contribution in [2.24, 2.45) is 0 Å². The molecule has 1 fully saturated rings. The van der Waals surface area contributed by atoms with E-state index in [0.717, 1.165) is 39.1 Å². The van der Waals surface area contributed by atoms with E-state index in [0.29, 0.717) is 6.04 Å². The number of ether oxygens (including phenoxy) is 1. The van der Waals surface area contributed by atoms with E-state index in [1.54, 1.807) is 12.1 Å². The van der Waals surface area contributed by atoms with Crippen molar-refractivity contribution in [1.82, 2.24) is 10.2 Å². The minimum atomic E-state index is -0.175. The van der Waals surface area contributed by atoms with E-state index in [9.17, 15) is 4.39 Å². The van der Waals surface area contributed by atoms with Gasteiger partial charge in [0.1, 0.15) is 5.82 Å². The molecule has 2 rings (SSSR count). The van der Waals surface area contributed by atoms with Crippen molar-refractivity contribution in [1.29, 1.82) is 0 Å². The molecule has 0 saturated carbocycles. The van der Waals surface area contributed by atoms with Crippen LogP contribution in [0.25, 0.3) is 0 Å². The fourth-order valence-corrected chi connectivity index (χ4v) is 3.25. The van der Waals surface area contributed by atoms with Gasteiger partial charge in [-0.1, -0.05) is 19.1 Å².